The normalized spacial score (nSPS) is 15.4. The summed E-state index contributed by atoms with van der Waals surface area (Å²) in [5.41, 5.74) is 2.75. The molecule has 0 aliphatic carbocycles. The molecule has 2 N–H and O–H groups in total. The van der Waals surface area contributed by atoms with E-state index >= 15 is 0 Å². The molecule has 0 atom stereocenters. The number of nitrogens with one attached hydrogen (secondary N) is 2. The van der Waals surface area contributed by atoms with Crippen LogP contribution < -0.4 is 14.9 Å². The van der Waals surface area contributed by atoms with Crippen molar-refractivity contribution >= 4 is 32.2 Å². The van der Waals surface area contributed by atoms with Crippen molar-refractivity contribution in [1.82, 2.24) is 5.32 Å². The van der Waals surface area contributed by atoms with Gasteiger partial charge < -0.3 is 10.2 Å². The van der Waals surface area contributed by atoms with Gasteiger partial charge in [-0.05, 0) is 44.2 Å². The Bertz CT molecular complexity index is 1070. The lowest BCUT2D eigenvalue weighted by molar-refractivity contribution is 0.602. The molecule has 3 aromatic rings. The minimum atomic E-state index is -3.69. The molecular weight excluding hydrogens is 370 g/mol. The molecule has 1 aliphatic rings. The molecule has 0 radical (unpaired) electrons. The number of anilines is 2. The zero-order chi connectivity index (χ0) is 19.6. The Morgan fingerprint density at radius 3 is 2.43 bits per heavy atom. The van der Waals surface area contributed by atoms with Gasteiger partial charge in [0.15, 0.2) is 0 Å². The topological polar surface area (TPSA) is 61.4 Å². The molecule has 0 saturated carbocycles. The van der Waals surface area contributed by atoms with Gasteiger partial charge in [0.1, 0.15) is 0 Å². The molecule has 0 aromatic heterocycles. The summed E-state index contributed by atoms with van der Waals surface area (Å²) >= 11 is 0. The predicted octanol–water partition coefficient (Wildman–Crippen LogP) is 3.75. The first-order chi connectivity index (χ1) is 13.5. The van der Waals surface area contributed by atoms with E-state index in [1.807, 2.05) is 49.4 Å². The van der Waals surface area contributed by atoms with E-state index in [0.717, 1.165) is 54.6 Å². The number of rotatable bonds is 4. The smallest absolute Gasteiger partial charge is 0.262 e. The lowest BCUT2D eigenvalue weighted by Gasteiger charge is -2.25. The van der Waals surface area contributed by atoms with Crippen molar-refractivity contribution < 1.29 is 8.42 Å². The molecule has 146 valence electrons. The third-order valence-electron chi connectivity index (χ3n) is 5.14. The van der Waals surface area contributed by atoms with Gasteiger partial charge in [-0.3, -0.25) is 4.72 Å². The molecule has 28 heavy (non-hydrogen) atoms. The van der Waals surface area contributed by atoms with E-state index in [2.05, 4.69) is 14.9 Å². The van der Waals surface area contributed by atoms with Crippen molar-refractivity contribution in [2.75, 3.05) is 35.8 Å². The van der Waals surface area contributed by atoms with Gasteiger partial charge in [-0.15, -0.1) is 0 Å². The van der Waals surface area contributed by atoms with Crippen LogP contribution in [0.25, 0.3) is 10.8 Å². The lowest BCUT2D eigenvalue weighted by Crippen LogP contribution is -2.28. The molecule has 5 nitrogen and oxygen atoms in total. The second-order valence-electron chi connectivity index (χ2n) is 7.19. The number of hydrogen-bond donors (Lipinski definition) is 2. The van der Waals surface area contributed by atoms with Gasteiger partial charge >= 0.3 is 0 Å². The molecule has 0 spiro atoms. The summed E-state index contributed by atoms with van der Waals surface area (Å²) in [5, 5.41) is 5.13. The minimum Gasteiger partial charge on any atom is -0.370 e. The Hall–Kier alpha value is -2.57. The first kappa shape index (κ1) is 18.8. The highest BCUT2D eigenvalue weighted by molar-refractivity contribution is 7.93. The second kappa shape index (κ2) is 7.81. The van der Waals surface area contributed by atoms with Gasteiger partial charge in [0.25, 0.3) is 10.0 Å². The Balaban J connectivity index is 1.75. The van der Waals surface area contributed by atoms with E-state index < -0.39 is 10.0 Å². The molecule has 1 fully saturated rings. The maximum atomic E-state index is 13.1. The SMILES string of the molecule is Cc1ccc(NS(=O)(=O)c2ccc(N3CCCNCC3)c3ccccc23)cc1. The molecule has 3 aromatic carbocycles. The standard InChI is InChI=1S/C22H25N3O2S/c1-17-7-9-18(10-8-17)24-28(26,27)22-12-11-21(19-5-2-3-6-20(19)22)25-15-4-13-23-14-16-25/h2-3,5-12,23-24H,4,13-16H2,1H3. The number of hydrogen-bond acceptors (Lipinski definition) is 4. The van der Waals surface area contributed by atoms with E-state index in [9.17, 15) is 8.42 Å². The summed E-state index contributed by atoms with van der Waals surface area (Å²) in [5.74, 6) is 0. The average Bonchev–Trinajstić information content (AvgIpc) is 2.98. The lowest BCUT2D eigenvalue weighted by atomic mass is 10.1. The van der Waals surface area contributed by atoms with Crippen LogP contribution in [0.2, 0.25) is 0 Å². The fourth-order valence-corrected chi connectivity index (χ4v) is 4.96. The summed E-state index contributed by atoms with van der Waals surface area (Å²) in [4.78, 5) is 2.65. The van der Waals surface area contributed by atoms with Crippen molar-refractivity contribution in [1.29, 1.82) is 0 Å². The van der Waals surface area contributed by atoms with E-state index in [1.165, 1.54) is 0 Å². The van der Waals surface area contributed by atoms with E-state index in [4.69, 9.17) is 0 Å². The maximum Gasteiger partial charge on any atom is 0.262 e. The van der Waals surface area contributed by atoms with Crippen LogP contribution in [0.5, 0.6) is 0 Å². The van der Waals surface area contributed by atoms with Crippen LogP contribution >= 0.6 is 0 Å². The highest BCUT2D eigenvalue weighted by Gasteiger charge is 2.21. The van der Waals surface area contributed by atoms with Crippen molar-refractivity contribution in [3.8, 4) is 0 Å². The average molecular weight is 396 g/mol. The third kappa shape index (κ3) is 3.84. The van der Waals surface area contributed by atoms with Crippen molar-refractivity contribution in [2.24, 2.45) is 0 Å². The van der Waals surface area contributed by atoms with Crippen molar-refractivity contribution in [3.05, 3.63) is 66.2 Å². The third-order valence-corrected chi connectivity index (χ3v) is 6.57. The maximum absolute atomic E-state index is 13.1. The molecule has 0 unspecified atom stereocenters. The largest absolute Gasteiger partial charge is 0.370 e. The van der Waals surface area contributed by atoms with Gasteiger partial charge in [-0.2, -0.15) is 0 Å². The van der Waals surface area contributed by atoms with Crippen LogP contribution in [0, 0.1) is 6.92 Å². The molecule has 1 heterocycles. The van der Waals surface area contributed by atoms with Gasteiger partial charge in [0.05, 0.1) is 4.90 Å². The fraction of sp³-hybridized carbons (Fsp3) is 0.273. The fourth-order valence-electron chi connectivity index (χ4n) is 3.68. The number of aryl methyl sites for hydroxylation is 1. The zero-order valence-corrected chi connectivity index (χ0v) is 16.8. The van der Waals surface area contributed by atoms with Crippen LogP contribution in [0.4, 0.5) is 11.4 Å². The summed E-state index contributed by atoms with van der Waals surface area (Å²) in [7, 11) is -3.69. The van der Waals surface area contributed by atoms with E-state index in [0.29, 0.717) is 10.6 Å². The summed E-state index contributed by atoms with van der Waals surface area (Å²) in [6.45, 7) is 5.80. The Kier molecular flexibility index (Phi) is 5.24. The Labute approximate surface area is 166 Å². The molecule has 6 heteroatoms. The first-order valence-electron chi connectivity index (χ1n) is 9.61. The Morgan fingerprint density at radius 2 is 1.64 bits per heavy atom. The van der Waals surface area contributed by atoms with E-state index in [1.54, 1.807) is 18.2 Å². The number of nitrogens with zero attached hydrogens (tertiary/aromatic N) is 1. The highest BCUT2D eigenvalue weighted by Crippen LogP contribution is 2.33. The van der Waals surface area contributed by atoms with Crippen molar-refractivity contribution in [2.45, 2.75) is 18.2 Å². The van der Waals surface area contributed by atoms with Crippen LogP contribution in [-0.2, 0) is 10.0 Å². The van der Waals surface area contributed by atoms with Crippen LogP contribution in [0.1, 0.15) is 12.0 Å². The van der Waals surface area contributed by atoms with E-state index in [-0.39, 0.29) is 0 Å². The Morgan fingerprint density at radius 1 is 0.893 bits per heavy atom. The quantitative estimate of drug-likeness (QED) is 0.706. The van der Waals surface area contributed by atoms with Gasteiger partial charge in [0.2, 0.25) is 0 Å². The van der Waals surface area contributed by atoms with Crippen LogP contribution in [0.3, 0.4) is 0 Å². The summed E-state index contributed by atoms with van der Waals surface area (Å²) < 4.78 is 28.9. The van der Waals surface area contributed by atoms with Crippen LogP contribution in [-0.4, -0.2) is 34.6 Å². The molecule has 0 amide bonds. The van der Waals surface area contributed by atoms with Gasteiger partial charge in [-0.1, -0.05) is 42.0 Å². The monoisotopic (exact) mass is 395 g/mol. The van der Waals surface area contributed by atoms with Gasteiger partial charge in [0, 0.05) is 41.8 Å². The number of sulfonamides is 1. The van der Waals surface area contributed by atoms with Gasteiger partial charge in [-0.25, -0.2) is 8.42 Å². The molecule has 1 saturated heterocycles. The molecular formula is C22H25N3O2S. The first-order valence-corrected chi connectivity index (χ1v) is 11.1. The molecule has 4 rings (SSSR count). The van der Waals surface area contributed by atoms with Crippen molar-refractivity contribution in [3.63, 3.8) is 0 Å². The predicted molar refractivity (Wildman–Crippen MR) is 116 cm³/mol. The second-order valence-corrected chi connectivity index (χ2v) is 8.84. The summed E-state index contributed by atoms with van der Waals surface area (Å²) in [6, 6.07) is 18.8. The highest BCUT2D eigenvalue weighted by atomic mass is 32.2. The summed E-state index contributed by atoms with van der Waals surface area (Å²) in [6.07, 6.45) is 1.07. The molecule has 1 aliphatic heterocycles. The number of fused-ring (bicyclic) bond motifs is 1. The zero-order valence-electron chi connectivity index (χ0n) is 16.0. The minimum absolute atomic E-state index is 0.306. The molecule has 0 bridgehead atoms. The number of benzene rings is 3. The van der Waals surface area contributed by atoms with Crippen LogP contribution in [0.15, 0.2) is 65.6 Å².